The molecule has 0 aliphatic heterocycles. The van der Waals surface area contributed by atoms with Gasteiger partial charge in [-0.25, -0.2) is 13.1 Å². The molecule has 1 aliphatic carbocycles. The van der Waals surface area contributed by atoms with Gasteiger partial charge in [0.2, 0.25) is 10.0 Å². The predicted octanol–water partition coefficient (Wildman–Crippen LogP) is 3.62. The van der Waals surface area contributed by atoms with Crippen LogP contribution in [0.2, 0.25) is 0 Å². The Bertz CT molecular complexity index is 536. The van der Waals surface area contributed by atoms with Crippen LogP contribution in [0.1, 0.15) is 37.7 Å². The summed E-state index contributed by atoms with van der Waals surface area (Å²) in [6.07, 6.45) is 6.02. The summed E-state index contributed by atoms with van der Waals surface area (Å²) in [6.45, 7) is 2.47. The van der Waals surface area contributed by atoms with E-state index in [1.807, 2.05) is 19.1 Å². The third-order valence-electron chi connectivity index (χ3n) is 3.70. The molecule has 19 heavy (non-hydrogen) atoms. The minimum Gasteiger partial charge on any atom is -0.211 e. The average molecular weight is 346 g/mol. The summed E-state index contributed by atoms with van der Waals surface area (Å²) in [7, 11) is -3.40. The first-order valence-electron chi connectivity index (χ1n) is 6.75. The van der Waals surface area contributed by atoms with E-state index in [1.54, 1.807) is 6.07 Å². The summed E-state index contributed by atoms with van der Waals surface area (Å²) in [5.74, 6) is 0.698. The molecule has 3 nitrogen and oxygen atoms in total. The van der Waals surface area contributed by atoms with Gasteiger partial charge in [-0.2, -0.15) is 0 Å². The maximum Gasteiger partial charge on any atom is 0.241 e. The monoisotopic (exact) mass is 345 g/mol. The summed E-state index contributed by atoms with van der Waals surface area (Å²) in [5, 5.41) is 0. The molecule has 0 bridgehead atoms. The molecule has 1 N–H and O–H groups in total. The van der Waals surface area contributed by atoms with Gasteiger partial charge in [-0.15, -0.1) is 0 Å². The lowest BCUT2D eigenvalue weighted by Crippen LogP contribution is -2.26. The van der Waals surface area contributed by atoms with Crippen molar-refractivity contribution in [1.82, 2.24) is 4.72 Å². The van der Waals surface area contributed by atoms with Crippen molar-refractivity contribution >= 4 is 26.0 Å². The van der Waals surface area contributed by atoms with E-state index in [1.165, 1.54) is 25.7 Å². The minimum atomic E-state index is -3.40. The van der Waals surface area contributed by atoms with E-state index in [2.05, 4.69) is 20.7 Å². The normalized spacial score (nSPS) is 16.9. The van der Waals surface area contributed by atoms with E-state index in [9.17, 15) is 8.42 Å². The Kier molecular flexibility index (Phi) is 5.03. The number of hydrogen-bond donors (Lipinski definition) is 1. The van der Waals surface area contributed by atoms with Crippen LogP contribution in [0.5, 0.6) is 0 Å². The highest BCUT2D eigenvalue weighted by molar-refractivity contribution is 9.10. The topological polar surface area (TPSA) is 46.2 Å². The van der Waals surface area contributed by atoms with Crippen LogP contribution in [0.4, 0.5) is 0 Å². The van der Waals surface area contributed by atoms with Gasteiger partial charge in [0, 0.05) is 11.0 Å². The number of benzene rings is 1. The first kappa shape index (κ1) is 15.0. The number of sulfonamides is 1. The third-order valence-corrected chi connectivity index (χ3v) is 6.13. The highest BCUT2D eigenvalue weighted by Crippen LogP contribution is 2.27. The zero-order chi connectivity index (χ0) is 13.9. The average Bonchev–Trinajstić information content (AvgIpc) is 2.81. The molecular weight excluding hydrogens is 326 g/mol. The summed E-state index contributed by atoms with van der Waals surface area (Å²) >= 11 is 3.32. The van der Waals surface area contributed by atoms with E-state index in [4.69, 9.17) is 0 Å². The van der Waals surface area contributed by atoms with Crippen LogP contribution >= 0.6 is 15.9 Å². The van der Waals surface area contributed by atoms with Gasteiger partial charge in [-0.3, -0.25) is 0 Å². The summed E-state index contributed by atoms with van der Waals surface area (Å²) < 4.78 is 27.7. The van der Waals surface area contributed by atoms with Crippen molar-refractivity contribution in [1.29, 1.82) is 0 Å². The number of hydrogen-bond acceptors (Lipinski definition) is 2. The highest BCUT2D eigenvalue weighted by atomic mass is 79.9. The smallest absolute Gasteiger partial charge is 0.211 e. The molecule has 1 fully saturated rings. The molecule has 0 unspecified atom stereocenters. The van der Waals surface area contributed by atoms with Crippen molar-refractivity contribution in [3.63, 3.8) is 0 Å². The first-order valence-corrected chi connectivity index (χ1v) is 9.02. The lowest BCUT2D eigenvalue weighted by Gasteiger charge is -2.11. The van der Waals surface area contributed by atoms with Crippen LogP contribution in [0.3, 0.4) is 0 Å². The fraction of sp³-hybridized carbons (Fsp3) is 0.571. The van der Waals surface area contributed by atoms with Gasteiger partial charge in [0.15, 0.2) is 0 Å². The summed E-state index contributed by atoms with van der Waals surface area (Å²) in [5.41, 5.74) is 1.04. The maximum absolute atomic E-state index is 12.2. The van der Waals surface area contributed by atoms with Crippen molar-refractivity contribution in [2.24, 2.45) is 5.92 Å². The van der Waals surface area contributed by atoms with Crippen molar-refractivity contribution in [3.8, 4) is 0 Å². The lowest BCUT2D eigenvalue weighted by molar-refractivity contribution is 0.495. The van der Waals surface area contributed by atoms with Gasteiger partial charge >= 0.3 is 0 Å². The number of rotatable bonds is 5. The first-order chi connectivity index (χ1) is 8.99. The predicted molar refractivity (Wildman–Crippen MR) is 80.6 cm³/mol. The van der Waals surface area contributed by atoms with Crippen LogP contribution in [-0.2, 0) is 10.0 Å². The van der Waals surface area contributed by atoms with Crippen molar-refractivity contribution in [2.75, 3.05) is 6.54 Å². The Labute approximate surface area is 124 Å². The summed E-state index contributed by atoms with van der Waals surface area (Å²) in [4.78, 5) is 0.324. The molecule has 0 spiro atoms. The minimum absolute atomic E-state index is 0.324. The van der Waals surface area contributed by atoms with Crippen LogP contribution in [0, 0.1) is 12.8 Å². The van der Waals surface area contributed by atoms with E-state index in [0.717, 1.165) is 12.0 Å². The SMILES string of the molecule is Cc1ccc(S(=O)(=O)NCCC2CCCC2)c(Br)c1. The van der Waals surface area contributed by atoms with Gasteiger partial charge in [-0.1, -0.05) is 31.7 Å². The molecule has 106 valence electrons. The molecule has 0 radical (unpaired) electrons. The van der Waals surface area contributed by atoms with Gasteiger partial charge in [-0.05, 0) is 52.9 Å². The van der Waals surface area contributed by atoms with Gasteiger partial charge in [0.25, 0.3) is 0 Å². The van der Waals surface area contributed by atoms with Crippen LogP contribution in [0.15, 0.2) is 27.6 Å². The van der Waals surface area contributed by atoms with E-state index >= 15 is 0 Å². The second-order valence-electron chi connectivity index (χ2n) is 5.27. The largest absolute Gasteiger partial charge is 0.241 e. The summed E-state index contributed by atoms with van der Waals surface area (Å²) in [6, 6.07) is 5.29. The van der Waals surface area contributed by atoms with Crippen LogP contribution < -0.4 is 4.72 Å². The second-order valence-corrected chi connectivity index (χ2v) is 7.86. The molecule has 0 aromatic heterocycles. The standard InChI is InChI=1S/C14H20BrNO2S/c1-11-6-7-14(13(15)10-11)19(17,18)16-9-8-12-4-2-3-5-12/h6-7,10,12,16H,2-5,8-9H2,1H3. The van der Waals surface area contributed by atoms with Gasteiger partial charge < -0.3 is 0 Å². The van der Waals surface area contributed by atoms with Gasteiger partial charge in [0.1, 0.15) is 0 Å². The molecule has 1 aromatic rings. The molecule has 1 saturated carbocycles. The van der Waals surface area contributed by atoms with Crippen molar-refractivity contribution in [3.05, 3.63) is 28.2 Å². The Morgan fingerprint density at radius 3 is 2.63 bits per heavy atom. The van der Waals surface area contributed by atoms with E-state index in [-0.39, 0.29) is 0 Å². The molecule has 1 aliphatic rings. The molecule has 0 amide bonds. The Morgan fingerprint density at radius 2 is 2.00 bits per heavy atom. The molecule has 0 atom stereocenters. The van der Waals surface area contributed by atoms with Crippen molar-refractivity contribution < 1.29 is 8.42 Å². The Hall–Kier alpha value is -0.390. The fourth-order valence-corrected chi connectivity index (χ4v) is 4.84. The van der Waals surface area contributed by atoms with Crippen LogP contribution in [0.25, 0.3) is 0 Å². The molecule has 5 heteroatoms. The lowest BCUT2D eigenvalue weighted by atomic mass is 10.1. The van der Waals surface area contributed by atoms with E-state index < -0.39 is 10.0 Å². The molecule has 0 saturated heterocycles. The zero-order valence-electron chi connectivity index (χ0n) is 11.2. The van der Waals surface area contributed by atoms with Crippen molar-refractivity contribution in [2.45, 2.75) is 43.9 Å². The van der Waals surface area contributed by atoms with Crippen LogP contribution in [-0.4, -0.2) is 15.0 Å². The maximum atomic E-state index is 12.2. The molecule has 0 heterocycles. The zero-order valence-corrected chi connectivity index (χ0v) is 13.6. The number of aryl methyl sites for hydroxylation is 1. The van der Waals surface area contributed by atoms with E-state index in [0.29, 0.717) is 21.8 Å². The Balaban J connectivity index is 1.97. The third kappa shape index (κ3) is 4.04. The second kappa shape index (κ2) is 6.37. The Morgan fingerprint density at radius 1 is 1.32 bits per heavy atom. The number of nitrogens with one attached hydrogen (secondary N) is 1. The highest BCUT2D eigenvalue weighted by Gasteiger charge is 2.19. The van der Waals surface area contributed by atoms with Gasteiger partial charge in [0.05, 0.1) is 4.90 Å². The molecule has 1 aromatic carbocycles. The number of halogens is 1. The fourth-order valence-electron chi connectivity index (χ4n) is 2.60. The quantitative estimate of drug-likeness (QED) is 0.885. The molecule has 2 rings (SSSR count). The molecular formula is C14H20BrNO2S.